The average molecular weight is 275 g/mol. The molecule has 0 unspecified atom stereocenters. The Hall–Kier alpha value is -2.12. The summed E-state index contributed by atoms with van der Waals surface area (Å²) in [7, 11) is 1.45. The van der Waals surface area contributed by atoms with E-state index in [-0.39, 0.29) is 12.5 Å². The normalized spacial score (nSPS) is 11.8. The molecule has 1 aromatic rings. The van der Waals surface area contributed by atoms with Crippen molar-refractivity contribution in [3.63, 3.8) is 0 Å². The quantitative estimate of drug-likeness (QED) is 0.832. The van der Waals surface area contributed by atoms with Gasteiger partial charge < -0.3 is 10.0 Å². The minimum Gasteiger partial charge on any atom is -0.478 e. The molecule has 0 amide bonds. The molecule has 8 heteroatoms. The molecule has 1 heterocycles. The van der Waals surface area contributed by atoms with Crippen molar-refractivity contribution in [3.8, 4) is 0 Å². The Bertz CT molecular complexity index is 457. The van der Waals surface area contributed by atoms with Crippen LogP contribution in [0.2, 0.25) is 0 Å². The van der Waals surface area contributed by atoms with Gasteiger partial charge in [-0.05, 0) is 6.08 Å². The van der Waals surface area contributed by atoms with Crippen molar-refractivity contribution < 1.29 is 23.1 Å². The first-order valence-corrected chi connectivity index (χ1v) is 5.29. The van der Waals surface area contributed by atoms with Crippen LogP contribution in [0.15, 0.2) is 18.5 Å². The molecule has 0 aliphatic heterocycles. The minimum atomic E-state index is -4.22. The maximum absolute atomic E-state index is 12.0. The zero-order valence-electron chi connectivity index (χ0n) is 10.1. The van der Waals surface area contributed by atoms with Crippen LogP contribution in [-0.2, 0) is 4.79 Å². The Morgan fingerprint density at radius 3 is 2.47 bits per heavy atom. The van der Waals surface area contributed by atoms with Gasteiger partial charge >= 0.3 is 12.1 Å². The van der Waals surface area contributed by atoms with E-state index in [9.17, 15) is 18.0 Å². The van der Waals surface area contributed by atoms with E-state index in [0.29, 0.717) is 5.56 Å². The van der Waals surface area contributed by atoms with Gasteiger partial charge in [0.2, 0.25) is 5.95 Å². The zero-order chi connectivity index (χ0) is 14.5. The maximum atomic E-state index is 12.0. The lowest BCUT2D eigenvalue weighted by Crippen LogP contribution is -2.25. The molecule has 0 aromatic carbocycles. The number of aromatic nitrogens is 2. The highest BCUT2D eigenvalue weighted by molar-refractivity contribution is 5.85. The number of hydrogen-bond donors (Lipinski definition) is 1. The van der Waals surface area contributed by atoms with Crippen LogP contribution in [0.4, 0.5) is 19.1 Å². The predicted molar refractivity (Wildman–Crippen MR) is 62.6 cm³/mol. The summed E-state index contributed by atoms with van der Waals surface area (Å²) in [6.45, 7) is -0.242. The van der Waals surface area contributed by atoms with Crippen LogP contribution in [-0.4, -0.2) is 40.8 Å². The third kappa shape index (κ3) is 5.84. The molecule has 0 bridgehead atoms. The largest absolute Gasteiger partial charge is 0.478 e. The summed E-state index contributed by atoms with van der Waals surface area (Å²) in [6.07, 6.45) is -0.281. The second kappa shape index (κ2) is 6.17. The van der Waals surface area contributed by atoms with Crippen LogP contribution in [0.3, 0.4) is 0 Å². The predicted octanol–water partition coefficient (Wildman–Crippen LogP) is 1.96. The molecule has 0 atom stereocenters. The van der Waals surface area contributed by atoms with Gasteiger partial charge in [-0.25, -0.2) is 14.8 Å². The third-order valence-electron chi connectivity index (χ3n) is 2.15. The fraction of sp³-hybridized carbons (Fsp3) is 0.364. The van der Waals surface area contributed by atoms with Gasteiger partial charge in [0.25, 0.3) is 0 Å². The summed E-state index contributed by atoms with van der Waals surface area (Å²) < 4.78 is 36.1. The molecule has 1 aromatic heterocycles. The van der Waals surface area contributed by atoms with Crippen molar-refractivity contribution in [2.24, 2.45) is 0 Å². The van der Waals surface area contributed by atoms with E-state index >= 15 is 0 Å². The molecule has 1 N–H and O–H groups in total. The monoisotopic (exact) mass is 275 g/mol. The molecule has 1 rings (SSSR count). The molecule has 0 fully saturated rings. The summed E-state index contributed by atoms with van der Waals surface area (Å²) in [5.74, 6) is -0.955. The van der Waals surface area contributed by atoms with E-state index in [1.165, 1.54) is 30.4 Å². The summed E-state index contributed by atoms with van der Waals surface area (Å²) in [6, 6.07) is 0. The van der Waals surface area contributed by atoms with Gasteiger partial charge in [0.1, 0.15) is 0 Å². The highest BCUT2D eigenvalue weighted by Crippen LogP contribution is 2.20. The summed E-state index contributed by atoms with van der Waals surface area (Å²) in [5.41, 5.74) is 0.454. The zero-order valence-corrected chi connectivity index (χ0v) is 10.1. The Morgan fingerprint density at radius 2 is 2.00 bits per heavy atom. The lowest BCUT2D eigenvalue weighted by Gasteiger charge is -2.17. The van der Waals surface area contributed by atoms with E-state index in [1.54, 1.807) is 0 Å². The molecular weight excluding hydrogens is 263 g/mol. The van der Waals surface area contributed by atoms with E-state index in [2.05, 4.69) is 9.97 Å². The second-order valence-electron chi connectivity index (χ2n) is 3.77. The summed E-state index contributed by atoms with van der Waals surface area (Å²) >= 11 is 0. The fourth-order valence-electron chi connectivity index (χ4n) is 1.18. The van der Waals surface area contributed by atoms with E-state index < -0.39 is 18.6 Å². The first kappa shape index (κ1) is 14.9. The third-order valence-corrected chi connectivity index (χ3v) is 2.15. The lowest BCUT2D eigenvalue weighted by atomic mass is 10.3. The van der Waals surface area contributed by atoms with Gasteiger partial charge in [-0.15, -0.1) is 0 Å². The van der Waals surface area contributed by atoms with Gasteiger partial charge in [-0.2, -0.15) is 13.2 Å². The van der Waals surface area contributed by atoms with Crippen LogP contribution >= 0.6 is 0 Å². The molecule has 0 spiro atoms. The topological polar surface area (TPSA) is 66.3 Å². The van der Waals surface area contributed by atoms with Crippen molar-refractivity contribution in [3.05, 3.63) is 24.0 Å². The molecule has 0 aliphatic rings. The SMILES string of the molecule is CN(CCC(F)(F)F)c1ncc(/C=C/C(=O)O)cn1. The Kier molecular flexibility index (Phi) is 4.85. The summed E-state index contributed by atoms with van der Waals surface area (Å²) in [5, 5.41) is 8.42. The minimum absolute atomic E-state index is 0.150. The van der Waals surface area contributed by atoms with Crippen molar-refractivity contribution in [1.82, 2.24) is 9.97 Å². The molecule has 0 saturated carbocycles. The van der Waals surface area contributed by atoms with Gasteiger partial charge in [0, 0.05) is 37.6 Å². The van der Waals surface area contributed by atoms with Gasteiger partial charge in [-0.1, -0.05) is 0 Å². The van der Waals surface area contributed by atoms with E-state index in [4.69, 9.17) is 5.11 Å². The Morgan fingerprint density at radius 1 is 1.42 bits per heavy atom. The molecule has 19 heavy (non-hydrogen) atoms. The number of alkyl halides is 3. The number of carboxylic acid groups (broad SMARTS) is 1. The standard InChI is InChI=1S/C11H12F3N3O2/c1-17(5-4-11(12,13)14)10-15-6-8(7-16-10)2-3-9(18)19/h2-3,6-7H,4-5H2,1H3,(H,18,19)/b3-2+. The van der Waals surface area contributed by atoms with Gasteiger partial charge in [0.15, 0.2) is 0 Å². The van der Waals surface area contributed by atoms with Gasteiger partial charge in [0.05, 0.1) is 6.42 Å². The molecule has 0 aliphatic carbocycles. The Labute approximate surface area is 107 Å². The summed E-state index contributed by atoms with van der Waals surface area (Å²) in [4.78, 5) is 19.3. The average Bonchev–Trinajstić information content (AvgIpc) is 2.33. The Balaban J connectivity index is 2.63. The van der Waals surface area contributed by atoms with Crippen LogP contribution in [0, 0.1) is 0 Å². The number of aliphatic carboxylic acids is 1. The van der Waals surface area contributed by atoms with Crippen molar-refractivity contribution in [2.45, 2.75) is 12.6 Å². The van der Waals surface area contributed by atoms with Gasteiger partial charge in [-0.3, -0.25) is 0 Å². The lowest BCUT2D eigenvalue weighted by molar-refractivity contribution is -0.132. The number of carboxylic acids is 1. The highest BCUT2D eigenvalue weighted by Gasteiger charge is 2.27. The number of halogens is 3. The van der Waals surface area contributed by atoms with Crippen LogP contribution in [0.5, 0.6) is 0 Å². The number of hydrogen-bond acceptors (Lipinski definition) is 4. The second-order valence-corrected chi connectivity index (χ2v) is 3.77. The van der Waals surface area contributed by atoms with E-state index in [1.807, 2.05) is 0 Å². The van der Waals surface area contributed by atoms with Crippen LogP contribution in [0.25, 0.3) is 6.08 Å². The molecular formula is C11H12F3N3O2. The van der Waals surface area contributed by atoms with Crippen molar-refractivity contribution >= 4 is 18.0 Å². The molecule has 0 saturated heterocycles. The number of anilines is 1. The fourth-order valence-corrected chi connectivity index (χ4v) is 1.18. The van der Waals surface area contributed by atoms with Crippen LogP contribution in [0.1, 0.15) is 12.0 Å². The number of nitrogens with zero attached hydrogens (tertiary/aromatic N) is 3. The maximum Gasteiger partial charge on any atom is 0.390 e. The number of rotatable bonds is 5. The first-order chi connectivity index (χ1) is 8.78. The molecule has 104 valence electrons. The molecule has 5 nitrogen and oxygen atoms in total. The van der Waals surface area contributed by atoms with E-state index in [0.717, 1.165) is 6.08 Å². The first-order valence-electron chi connectivity index (χ1n) is 5.29. The smallest absolute Gasteiger partial charge is 0.390 e. The highest BCUT2D eigenvalue weighted by atomic mass is 19.4. The van der Waals surface area contributed by atoms with Crippen molar-refractivity contribution in [2.75, 3.05) is 18.5 Å². The van der Waals surface area contributed by atoms with Crippen LogP contribution < -0.4 is 4.90 Å². The molecule has 0 radical (unpaired) electrons. The number of carbonyl (C=O) groups is 1. The van der Waals surface area contributed by atoms with Crippen molar-refractivity contribution in [1.29, 1.82) is 0 Å².